The number of thiophene rings is 1. The molecule has 0 aliphatic carbocycles. The number of anilines is 2. The Bertz CT molecular complexity index is 1130. The van der Waals surface area contributed by atoms with Crippen molar-refractivity contribution in [3.63, 3.8) is 0 Å². The minimum atomic E-state index is -0.458. The first-order chi connectivity index (χ1) is 14.9. The van der Waals surface area contributed by atoms with Crippen molar-refractivity contribution in [1.82, 2.24) is 4.90 Å². The van der Waals surface area contributed by atoms with Crippen LogP contribution in [-0.4, -0.2) is 42.4 Å². The van der Waals surface area contributed by atoms with E-state index in [1.807, 2.05) is 0 Å². The summed E-state index contributed by atoms with van der Waals surface area (Å²) in [5.41, 5.74) is 1.82. The number of amides is 4. The van der Waals surface area contributed by atoms with Crippen LogP contribution in [-0.2, 0) is 27.3 Å². The second-order valence-electron chi connectivity index (χ2n) is 7.09. The Hall–Kier alpha value is -3.71. The van der Waals surface area contributed by atoms with E-state index >= 15 is 0 Å². The lowest BCUT2D eigenvalue weighted by Crippen LogP contribution is -2.35. The van der Waals surface area contributed by atoms with Crippen molar-refractivity contribution >= 4 is 45.8 Å². The van der Waals surface area contributed by atoms with E-state index in [1.165, 1.54) is 24.5 Å². The third kappa shape index (κ3) is 3.75. The average Bonchev–Trinajstić information content (AvgIpc) is 3.30. The normalized spacial score (nSPS) is 15.5. The first-order valence-electron chi connectivity index (χ1n) is 9.57. The highest BCUT2D eigenvalue weighted by molar-refractivity contribution is 7.16. The van der Waals surface area contributed by atoms with E-state index in [0.29, 0.717) is 35.8 Å². The van der Waals surface area contributed by atoms with Crippen molar-refractivity contribution in [2.75, 3.05) is 23.9 Å². The predicted molar refractivity (Wildman–Crippen MR) is 112 cm³/mol. The molecule has 0 saturated carbocycles. The molecule has 4 amide bonds. The molecule has 158 valence electrons. The SMILES string of the molecule is COC(=O)N1CCc2c(sc(NC(=O)c3cccc(N4C(=O)CCC4=O)c3)c2C#N)C1. The van der Waals surface area contributed by atoms with E-state index in [4.69, 9.17) is 4.74 Å². The summed E-state index contributed by atoms with van der Waals surface area (Å²) >= 11 is 1.25. The summed E-state index contributed by atoms with van der Waals surface area (Å²) in [5, 5.41) is 12.8. The highest BCUT2D eigenvalue weighted by Gasteiger charge is 2.31. The minimum Gasteiger partial charge on any atom is -0.453 e. The number of carbonyl (C=O) groups excluding carboxylic acids is 4. The number of hydrogen-bond acceptors (Lipinski definition) is 7. The van der Waals surface area contributed by atoms with Gasteiger partial charge in [0.05, 0.1) is 24.9 Å². The number of benzene rings is 1. The summed E-state index contributed by atoms with van der Waals surface area (Å²) in [6, 6.07) is 8.40. The quantitative estimate of drug-likeness (QED) is 0.736. The monoisotopic (exact) mass is 438 g/mol. The summed E-state index contributed by atoms with van der Waals surface area (Å²) in [4.78, 5) is 52.1. The molecule has 2 aromatic rings. The van der Waals surface area contributed by atoms with Gasteiger partial charge in [-0.25, -0.2) is 4.79 Å². The smallest absolute Gasteiger partial charge is 0.409 e. The Morgan fingerprint density at radius 1 is 1.19 bits per heavy atom. The van der Waals surface area contributed by atoms with Gasteiger partial charge in [-0.15, -0.1) is 11.3 Å². The van der Waals surface area contributed by atoms with Crippen molar-refractivity contribution < 1.29 is 23.9 Å². The first-order valence-corrected chi connectivity index (χ1v) is 10.4. The highest BCUT2D eigenvalue weighted by Crippen LogP contribution is 2.37. The van der Waals surface area contributed by atoms with Gasteiger partial charge in [-0.1, -0.05) is 6.07 Å². The van der Waals surface area contributed by atoms with E-state index in [1.54, 1.807) is 23.1 Å². The van der Waals surface area contributed by atoms with Crippen LogP contribution in [0.15, 0.2) is 24.3 Å². The molecule has 10 heteroatoms. The molecule has 0 unspecified atom stereocenters. The van der Waals surface area contributed by atoms with Crippen molar-refractivity contribution in [2.24, 2.45) is 0 Å². The van der Waals surface area contributed by atoms with Gasteiger partial charge in [0.2, 0.25) is 11.8 Å². The molecular weight excluding hydrogens is 420 g/mol. The average molecular weight is 438 g/mol. The number of methoxy groups -OCH3 is 1. The maximum Gasteiger partial charge on any atom is 0.409 e. The predicted octanol–water partition coefficient (Wildman–Crippen LogP) is 2.65. The third-order valence-electron chi connectivity index (χ3n) is 5.25. The van der Waals surface area contributed by atoms with Crippen LogP contribution in [0.2, 0.25) is 0 Å². The van der Waals surface area contributed by atoms with E-state index in [2.05, 4.69) is 11.4 Å². The number of carbonyl (C=O) groups is 4. The Morgan fingerprint density at radius 2 is 1.94 bits per heavy atom. The van der Waals surface area contributed by atoms with E-state index < -0.39 is 12.0 Å². The van der Waals surface area contributed by atoms with Gasteiger partial charge in [0.1, 0.15) is 11.1 Å². The zero-order chi connectivity index (χ0) is 22.1. The van der Waals surface area contributed by atoms with Gasteiger partial charge in [0.25, 0.3) is 5.91 Å². The molecule has 0 spiro atoms. The Balaban J connectivity index is 1.57. The molecular formula is C21H18N4O5S. The maximum atomic E-state index is 12.9. The highest BCUT2D eigenvalue weighted by atomic mass is 32.1. The molecule has 3 heterocycles. The van der Waals surface area contributed by atoms with Gasteiger partial charge < -0.3 is 15.0 Å². The molecule has 2 aliphatic heterocycles. The van der Waals surface area contributed by atoms with Gasteiger partial charge >= 0.3 is 6.09 Å². The Morgan fingerprint density at radius 3 is 2.61 bits per heavy atom. The fourth-order valence-corrected chi connectivity index (χ4v) is 4.93. The molecule has 1 aromatic heterocycles. The fraction of sp³-hybridized carbons (Fsp3) is 0.286. The van der Waals surface area contributed by atoms with E-state index in [-0.39, 0.29) is 30.2 Å². The summed E-state index contributed by atoms with van der Waals surface area (Å²) in [6.45, 7) is 0.740. The number of nitriles is 1. The summed E-state index contributed by atoms with van der Waals surface area (Å²) in [7, 11) is 1.32. The van der Waals surface area contributed by atoms with Gasteiger partial charge in [-0.05, 0) is 30.2 Å². The lowest BCUT2D eigenvalue weighted by Gasteiger charge is -2.25. The Labute approximate surface area is 181 Å². The zero-order valence-electron chi connectivity index (χ0n) is 16.6. The van der Waals surface area contributed by atoms with Gasteiger partial charge in [0, 0.05) is 29.8 Å². The van der Waals surface area contributed by atoms with Crippen LogP contribution in [0.25, 0.3) is 0 Å². The van der Waals surface area contributed by atoms with Crippen LogP contribution in [0.4, 0.5) is 15.5 Å². The molecule has 4 rings (SSSR count). The topological polar surface area (TPSA) is 120 Å². The largest absolute Gasteiger partial charge is 0.453 e. The van der Waals surface area contributed by atoms with Crippen molar-refractivity contribution in [2.45, 2.75) is 25.8 Å². The number of fused-ring (bicyclic) bond motifs is 1. The van der Waals surface area contributed by atoms with Crippen LogP contribution in [0.1, 0.15) is 39.2 Å². The molecule has 1 fully saturated rings. The summed E-state index contributed by atoms with van der Waals surface area (Å²) < 4.78 is 4.76. The maximum absolute atomic E-state index is 12.9. The van der Waals surface area contributed by atoms with Crippen LogP contribution in [0.5, 0.6) is 0 Å². The van der Waals surface area contributed by atoms with Crippen molar-refractivity contribution in [1.29, 1.82) is 5.26 Å². The first kappa shape index (κ1) is 20.6. The van der Waals surface area contributed by atoms with E-state index in [9.17, 15) is 24.4 Å². The minimum absolute atomic E-state index is 0.157. The Kier molecular flexibility index (Phi) is 5.44. The standard InChI is InChI=1S/C21H18N4O5S/c1-30-21(29)24-8-7-14-15(10-22)20(31-16(14)11-24)23-19(28)12-3-2-4-13(9-12)25-17(26)5-6-18(25)27/h2-4,9H,5-8,11H2,1H3,(H,23,28). The molecule has 1 aromatic carbocycles. The molecule has 0 bridgehead atoms. The van der Waals surface area contributed by atoms with Crippen LogP contribution in [0, 0.1) is 11.3 Å². The molecule has 1 saturated heterocycles. The van der Waals surface area contributed by atoms with E-state index in [0.717, 1.165) is 15.3 Å². The van der Waals surface area contributed by atoms with Gasteiger partial charge in [-0.2, -0.15) is 5.26 Å². The second kappa shape index (κ2) is 8.20. The second-order valence-corrected chi connectivity index (χ2v) is 8.19. The number of rotatable bonds is 3. The zero-order valence-corrected chi connectivity index (χ0v) is 17.5. The lowest BCUT2D eigenvalue weighted by atomic mass is 10.0. The number of hydrogen-bond donors (Lipinski definition) is 1. The number of nitrogens with zero attached hydrogens (tertiary/aromatic N) is 3. The molecule has 31 heavy (non-hydrogen) atoms. The number of nitrogens with one attached hydrogen (secondary N) is 1. The molecule has 1 N–H and O–H groups in total. The van der Waals surface area contributed by atoms with Gasteiger partial charge in [0.15, 0.2) is 0 Å². The summed E-state index contributed by atoms with van der Waals surface area (Å²) in [6.07, 6.45) is 0.369. The molecule has 2 aliphatic rings. The van der Waals surface area contributed by atoms with Crippen molar-refractivity contribution in [3.05, 3.63) is 45.8 Å². The van der Waals surface area contributed by atoms with Gasteiger partial charge in [-0.3, -0.25) is 19.3 Å². The molecule has 0 radical (unpaired) electrons. The van der Waals surface area contributed by atoms with Crippen LogP contribution < -0.4 is 10.2 Å². The number of ether oxygens (including phenoxy) is 1. The van der Waals surface area contributed by atoms with Crippen molar-refractivity contribution in [3.8, 4) is 6.07 Å². The molecule has 0 atom stereocenters. The molecule has 9 nitrogen and oxygen atoms in total. The fourth-order valence-electron chi connectivity index (χ4n) is 3.72. The van der Waals surface area contributed by atoms with Crippen LogP contribution >= 0.6 is 11.3 Å². The van der Waals surface area contributed by atoms with Crippen LogP contribution in [0.3, 0.4) is 0 Å². The summed E-state index contributed by atoms with van der Waals surface area (Å²) in [5.74, 6) is -1.05. The number of imide groups is 1. The third-order valence-corrected chi connectivity index (χ3v) is 6.38. The lowest BCUT2D eigenvalue weighted by molar-refractivity contribution is -0.121.